The summed E-state index contributed by atoms with van der Waals surface area (Å²) in [6.07, 6.45) is 9.75. The Balaban J connectivity index is 1.64. The first-order chi connectivity index (χ1) is 10.3. The normalized spacial score (nSPS) is 53.9. The third-order valence-corrected chi connectivity index (χ3v) is 7.42. The third-order valence-electron chi connectivity index (χ3n) is 7.42. The van der Waals surface area contributed by atoms with Crippen molar-refractivity contribution in [1.82, 2.24) is 0 Å². The van der Waals surface area contributed by atoms with Gasteiger partial charge in [-0.05, 0) is 84.0 Å². The summed E-state index contributed by atoms with van der Waals surface area (Å²) < 4.78 is 12.3. The average molecular weight is 304 g/mol. The second-order valence-electron chi connectivity index (χ2n) is 9.35. The van der Waals surface area contributed by atoms with E-state index in [-0.39, 0.29) is 11.2 Å². The first-order valence-corrected chi connectivity index (χ1v) is 9.28. The van der Waals surface area contributed by atoms with Crippen molar-refractivity contribution in [2.24, 2.45) is 11.3 Å². The molecular weight excluding hydrogens is 272 g/mol. The molecule has 2 aliphatic carbocycles. The van der Waals surface area contributed by atoms with Crippen LogP contribution in [0.2, 0.25) is 0 Å². The monoisotopic (exact) mass is 304 g/mol. The van der Waals surface area contributed by atoms with E-state index >= 15 is 0 Å². The van der Waals surface area contributed by atoms with Gasteiger partial charge in [0.2, 0.25) is 0 Å². The second kappa shape index (κ2) is 4.60. The molecule has 0 bridgehead atoms. The summed E-state index contributed by atoms with van der Waals surface area (Å²) in [7, 11) is 0. The van der Waals surface area contributed by atoms with Gasteiger partial charge < -0.3 is 9.47 Å². The Kier molecular flexibility index (Phi) is 3.18. The summed E-state index contributed by atoms with van der Waals surface area (Å²) in [5.41, 5.74) is 4.02. The molecule has 2 heterocycles. The zero-order valence-corrected chi connectivity index (χ0v) is 15.0. The van der Waals surface area contributed by atoms with E-state index in [4.69, 9.17) is 9.47 Å². The Morgan fingerprint density at radius 2 is 1.55 bits per heavy atom. The molecule has 2 nitrogen and oxygen atoms in total. The topological polar surface area (TPSA) is 25.1 Å². The van der Waals surface area contributed by atoms with Crippen molar-refractivity contribution in [1.29, 1.82) is 0 Å². The van der Waals surface area contributed by atoms with E-state index in [1.807, 2.05) is 0 Å². The molecule has 2 unspecified atom stereocenters. The number of rotatable bonds is 0. The molecule has 4 rings (SSSR count). The molecule has 2 saturated heterocycles. The van der Waals surface area contributed by atoms with Crippen molar-refractivity contribution >= 4 is 0 Å². The summed E-state index contributed by atoms with van der Waals surface area (Å²) >= 11 is 0. The van der Waals surface area contributed by atoms with E-state index < -0.39 is 0 Å². The van der Waals surface area contributed by atoms with Crippen molar-refractivity contribution < 1.29 is 9.47 Å². The number of hydrogen-bond acceptors (Lipinski definition) is 2. The molecule has 4 fully saturated rings. The lowest BCUT2D eigenvalue weighted by atomic mass is 9.71. The molecule has 0 aromatic heterocycles. The quantitative estimate of drug-likeness (QED) is 0.464. The average Bonchev–Trinajstić information content (AvgIpc) is 3.22. The van der Waals surface area contributed by atoms with E-state index in [1.165, 1.54) is 44.9 Å². The molecule has 0 amide bonds. The van der Waals surface area contributed by atoms with E-state index in [0.717, 1.165) is 5.92 Å². The Labute approximate surface area is 135 Å². The first-order valence-electron chi connectivity index (χ1n) is 9.28. The maximum absolute atomic E-state index is 6.17. The molecule has 0 aromatic carbocycles. The van der Waals surface area contributed by atoms with Crippen LogP contribution in [-0.2, 0) is 9.47 Å². The van der Waals surface area contributed by atoms with Crippen LogP contribution in [0.1, 0.15) is 79.6 Å². The minimum Gasteiger partial charge on any atom is -0.366 e. The highest BCUT2D eigenvalue weighted by Gasteiger charge is 2.60. The van der Waals surface area contributed by atoms with Gasteiger partial charge in [-0.25, -0.2) is 0 Å². The van der Waals surface area contributed by atoms with E-state index in [1.54, 1.807) is 11.1 Å². The number of epoxide rings is 2. The van der Waals surface area contributed by atoms with Crippen molar-refractivity contribution in [3.8, 4) is 0 Å². The van der Waals surface area contributed by atoms with Crippen LogP contribution < -0.4 is 0 Å². The molecule has 2 aliphatic heterocycles. The highest BCUT2D eigenvalue weighted by molar-refractivity contribution is 5.23. The van der Waals surface area contributed by atoms with Gasteiger partial charge in [0.05, 0.1) is 23.4 Å². The first kappa shape index (κ1) is 15.2. The van der Waals surface area contributed by atoms with Crippen LogP contribution >= 0.6 is 0 Å². The largest absolute Gasteiger partial charge is 0.366 e. The van der Waals surface area contributed by atoms with E-state index in [2.05, 4.69) is 34.6 Å². The standard InChI is InChI=1S/C20H32O2/c1-13(2)14-6-9-18(3)12-17-20(5,22-17)11-8-16-19(4,21-16)10-7-15(14)18/h15-17H,6-12H2,1-5H3/t15-,16?,17-,18+,19?,20-/m1/s1. The molecule has 2 saturated carbocycles. The van der Waals surface area contributed by atoms with E-state index in [9.17, 15) is 0 Å². The van der Waals surface area contributed by atoms with Gasteiger partial charge in [-0.3, -0.25) is 0 Å². The molecule has 0 radical (unpaired) electrons. The Hall–Kier alpha value is -0.340. The van der Waals surface area contributed by atoms with Gasteiger partial charge >= 0.3 is 0 Å². The third kappa shape index (κ3) is 2.29. The summed E-state index contributed by atoms with van der Waals surface area (Å²) in [5.74, 6) is 0.741. The SMILES string of the molecule is CC(C)=C1CC[C@@]2(C)C[C@H]3O[C@]3(C)CCC3OC3(C)CC[C@H]12. The van der Waals surface area contributed by atoms with Crippen molar-refractivity contribution in [2.75, 3.05) is 0 Å². The molecule has 22 heavy (non-hydrogen) atoms. The summed E-state index contributed by atoms with van der Waals surface area (Å²) in [6, 6.07) is 0. The number of fused-ring (bicyclic) bond motifs is 3. The van der Waals surface area contributed by atoms with Gasteiger partial charge in [0.15, 0.2) is 0 Å². The van der Waals surface area contributed by atoms with Crippen molar-refractivity contribution in [3.05, 3.63) is 11.1 Å². The minimum atomic E-state index is 0.137. The van der Waals surface area contributed by atoms with Crippen molar-refractivity contribution in [2.45, 2.75) is 103 Å². The Morgan fingerprint density at radius 1 is 0.909 bits per heavy atom. The highest BCUT2D eigenvalue weighted by atomic mass is 16.6. The Morgan fingerprint density at radius 3 is 2.27 bits per heavy atom. The van der Waals surface area contributed by atoms with Crippen LogP contribution in [0.4, 0.5) is 0 Å². The van der Waals surface area contributed by atoms with Crippen LogP contribution in [0.3, 0.4) is 0 Å². The van der Waals surface area contributed by atoms with Crippen LogP contribution in [0, 0.1) is 11.3 Å². The maximum Gasteiger partial charge on any atom is 0.0921 e. The zero-order chi connectivity index (χ0) is 15.8. The van der Waals surface area contributed by atoms with Crippen molar-refractivity contribution in [3.63, 3.8) is 0 Å². The number of ether oxygens (including phenoxy) is 2. The number of hydrogen-bond donors (Lipinski definition) is 0. The highest BCUT2D eigenvalue weighted by Crippen LogP contribution is 2.59. The maximum atomic E-state index is 6.17. The molecule has 2 heteroatoms. The summed E-state index contributed by atoms with van der Waals surface area (Å²) in [4.78, 5) is 0. The molecule has 6 atom stereocenters. The van der Waals surface area contributed by atoms with Gasteiger partial charge in [-0.15, -0.1) is 0 Å². The Bertz CT molecular complexity index is 520. The van der Waals surface area contributed by atoms with Gasteiger partial charge in [0, 0.05) is 0 Å². The fourth-order valence-electron chi connectivity index (χ4n) is 5.47. The minimum absolute atomic E-state index is 0.137. The molecule has 124 valence electrons. The van der Waals surface area contributed by atoms with Crippen LogP contribution in [-0.4, -0.2) is 23.4 Å². The zero-order valence-electron chi connectivity index (χ0n) is 15.0. The summed E-state index contributed by atoms with van der Waals surface area (Å²) in [5, 5.41) is 0. The predicted molar refractivity (Wildman–Crippen MR) is 88.8 cm³/mol. The van der Waals surface area contributed by atoms with Crippen LogP contribution in [0.5, 0.6) is 0 Å². The fraction of sp³-hybridized carbons (Fsp3) is 0.900. The number of allylic oxidation sites excluding steroid dienone is 2. The lowest BCUT2D eigenvalue weighted by molar-refractivity contribution is 0.176. The predicted octanol–water partition coefficient (Wildman–Crippen LogP) is 5.02. The summed E-state index contributed by atoms with van der Waals surface area (Å²) in [6.45, 7) is 11.8. The lowest BCUT2D eigenvalue weighted by Gasteiger charge is -2.33. The fourth-order valence-corrected chi connectivity index (χ4v) is 5.47. The van der Waals surface area contributed by atoms with Gasteiger partial charge in [0.1, 0.15) is 0 Å². The van der Waals surface area contributed by atoms with Gasteiger partial charge in [-0.1, -0.05) is 18.1 Å². The van der Waals surface area contributed by atoms with E-state index in [0.29, 0.717) is 17.6 Å². The van der Waals surface area contributed by atoms with Gasteiger partial charge in [-0.2, -0.15) is 0 Å². The van der Waals surface area contributed by atoms with Gasteiger partial charge in [0.25, 0.3) is 0 Å². The molecule has 0 aromatic rings. The molecule has 0 spiro atoms. The molecular formula is C20H32O2. The van der Waals surface area contributed by atoms with Crippen LogP contribution in [0.25, 0.3) is 0 Å². The van der Waals surface area contributed by atoms with Crippen LogP contribution in [0.15, 0.2) is 11.1 Å². The molecule has 0 N–H and O–H groups in total. The smallest absolute Gasteiger partial charge is 0.0921 e. The lowest BCUT2D eigenvalue weighted by Crippen LogP contribution is -2.27. The molecule has 4 aliphatic rings. The second-order valence-corrected chi connectivity index (χ2v) is 9.35.